The molecule has 0 bridgehead atoms. The van der Waals surface area contributed by atoms with E-state index in [2.05, 4.69) is 40.0 Å². The molecule has 2 aromatic heterocycles. The molecule has 3 aromatic rings. The van der Waals surface area contributed by atoms with Gasteiger partial charge in [-0.1, -0.05) is 13.8 Å². The lowest BCUT2D eigenvalue weighted by molar-refractivity contribution is -0.121. The van der Waals surface area contributed by atoms with Crippen molar-refractivity contribution in [1.29, 1.82) is 0 Å². The number of hydrazine groups is 1. The number of methoxy groups -OCH3 is 1. The van der Waals surface area contributed by atoms with Gasteiger partial charge >= 0.3 is 0 Å². The Kier molecular flexibility index (Phi) is 6.74. The summed E-state index contributed by atoms with van der Waals surface area (Å²) in [5, 5.41) is 11.4. The first-order valence-electron chi connectivity index (χ1n) is 10.1. The van der Waals surface area contributed by atoms with Crippen LogP contribution in [0.3, 0.4) is 0 Å². The zero-order valence-corrected chi connectivity index (χ0v) is 18.4. The highest BCUT2D eigenvalue weighted by molar-refractivity contribution is 5.94. The van der Waals surface area contributed by atoms with Crippen LogP contribution in [-0.4, -0.2) is 38.9 Å². The highest BCUT2D eigenvalue weighted by Crippen LogP contribution is 2.21. The Bertz CT molecular complexity index is 1070. The molecule has 0 atom stereocenters. The molecule has 164 valence electrons. The van der Waals surface area contributed by atoms with Crippen LogP contribution in [-0.2, 0) is 17.8 Å². The average molecular weight is 425 g/mol. The van der Waals surface area contributed by atoms with E-state index in [1.165, 1.54) is 0 Å². The van der Waals surface area contributed by atoms with Gasteiger partial charge in [0.05, 0.1) is 24.9 Å². The molecule has 0 spiro atoms. The number of ether oxygens (including phenoxy) is 1. The third-order valence-corrected chi connectivity index (χ3v) is 4.93. The summed E-state index contributed by atoms with van der Waals surface area (Å²) in [7, 11) is 1.60. The molecule has 0 aliphatic rings. The topological polar surface area (TPSA) is 114 Å². The summed E-state index contributed by atoms with van der Waals surface area (Å²) in [6.07, 6.45) is 0.135. The van der Waals surface area contributed by atoms with E-state index in [1.54, 1.807) is 13.2 Å². The Morgan fingerprint density at radius 1 is 1.16 bits per heavy atom. The molecule has 9 heteroatoms. The van der Waals surface area contributed by atoms with Crippen LogP contribution in [0.5, 0.6) is 5.75 Å². The fraction of sp³-hybridized carbons (Fsp3) is 0.364. The number of hydrogen-bond acceptors (Lipinski definition) is 5. The Labute approximate surface area is 181 Å². The Morgan fingerprint density at radius 3 is 2.52 bits per heavy atom. The number of amides is 2. The van der Waals surface area contributed by atoms with E-state index >= 15 is 0 Å². The Morgan fingerprint density at radius 2 is 1.87 bits per heavy atom. The van der Waals surface area contributed by atoms with Crippen LogP contribution in [0.15, 0.2) is 30.3 Å². The van der Waals surface area contributed by atoms with Gasteiger partial charge in [-0.25, -0.2) is 0 Å². The number of aromatic nitrogens is 4. The molecule has 0 aliphatic carbocycles. The highest BCUT2D eigenvalue weighted by Gasteiger charge is 2.17. The van der Waals surface area contributed by atoms with E-state index in [0.29, 0.717) is 11.6 Å². The number of H-pyrrole nitrogens is 1. The van der Waals surface area contributed by atoms with Crippen molar-refractivity contribution in [1.82, 2.24) is 30.8 Å². The number of carbonyl (C=O) groups is 2. The van der Waals surface area contributed by atoms with Crippen LogP contribution in [0, 0.1) is 19.8 Å². The second kappa shape index (κ2) is 9.46. The quantitative estimate of drug-likeness (QED) is 0.505. The summed E-state index contributed by atoms with van der Waals surface area (Å²) < 4.78 is 7.06. The van der Waals surface area contributed by atoms with Crippen LogP contribution in [0.25, 0.3) is 11.3 Å². The molecule has 2 amide bonds. The predicted molar refractivity (Wildman–Crippen MR) is 116 cm³/mol. The summed E-state index contributed by atoms with van der Waals surface area (Å²) in [4.78, 5) is 24.7. The third kappa shape index (κ3) is 5.30. The van der Waals surface area contributed by atoms with Crippen molar-refractivity contribution in [3.63, 3.8) is 0 Å². The van der Waals surface area contributed by atoms with Gasteiger partial charge in [-0.3, -0.25) is 30.2 Å². The van der Waals surface area contributed by atoms with Gasteiger partial charge in [-0.2, -0.15) is 10.2 Å². The van der Waals surface area contributed by atoms with Crippen molar-refractivity contribution >= 4 is 11.8 Å². The first-order chi connectivity index (χ1) is 14.8. The van der Waals surface area contributed by atoms with Crippen LogP contribution >= 0.6 is 0 Å². The second-order valence-corrected chi connectivity index (χ2v) is 7.80. The first-order valence-corrected chi connectivity index (χ1v) is 10.1. The fourth-order valence-electron chi connectivity index (χ4n) is 3.26. The zero-order valence-electron chi connectivity index (χ0n) is 18.4. The summed E-state index contributed by atoms with van der Waals surface area (Å²) >= 11 is 0. The lowest BCUT2D eigenvalue weighted by Gasteiger charge is -2.09. The number of aryl methyl sites for hydroxylation is 1. The molecular formula is C22H28N6O3. The minimum atomic E-state index is -0.482. The Balaban J connectivity index is 1.58. The SMILES string of the molecule is COc1ccc(-c2cc(C(=O)NNC(=O)Cc3c(C)nn(CC(C)C)c3C)[nH]n2)cc1. The second-order valence-electron chi connectivity index (χ2n) is 7.80. The monoisotopic (exact) mass is 424 g/mol. The van der Waals surface area contributed by atoms with Crippen LogP contribution in [0.4, 0.5) is 0 Å². The van der Waals surface area contributed by atoms with Gasteiger partial charge in [-0.05, 0) is 50.1 Å². The van der Waals surface area contributed by atoms with E-state index in [-0.39, 0.29) is 18.0 Å². The molecule has 2 heterocycles. The van der Waals surface area contributed by atoms with Gasteiger partial charge in [-0.15, -0.1) is 0 Å². The standard InChI is InChI=1S/C22H28N6O3/c1-13(2)12-28-15(4)18(14(3)27-28)10-21(29)25-26-22(30)20-11-19(23-24-20)16-6-8-17(31-5)9-7-16/h6-9,11,13H,10,12H2,1-5H3,(H,23,24)(H,25,29)(H,26,30). The minimum Gasteiger partial charge on any atom is -0.497 e. The number of carbonyl (C=O) groups excluding carboxylic acids is 2. The predicted octanol–water partition coefficient (Wildman–Crippen LogP) is 2.56. The van der Waals surface area contributed by atoms with E-state index in [1.807, 2.05) is 42.8 Å². The number of hydrogen-bond donors (Lipinski definition) is 3. The molecule has 0 saturated carbocycles. The summed E-state index contributed by atoms with van der Waals surface area (Å²) in [5.41, 5.74) is 9.22. The molecular weight excluding hydrogens is 396 g/mol. The fourth-order valence-corrected chi connectivity index (χ4v) is 3.26. The maximum atomic E-state index is 12.4. The number of rotatable bonds is 7. The van der Waals surface area contributed by atoms with Gasteiger partial charge < -0.3 is 4.74 Å². The van der Waals surface area contributed by atoms with E-state index < -0.39 is 5.91 Å². The largest absolute Gasteiger partial charge is 0.497 e. The first kappa shape index (κ1) is 22.1. The maximum Gasteiger partial charge on any atom is 0.287 e. The number of nitrogens with zero attached hydrogens (tertiary/aromatic N) is 3. The van der Waals surface area contributed by atoms with Crippen molar-refractivity contribution in [3.05, 3.63) is 53.0 Å². The summed E-state index contributed by atoms with van der Waals surface area (Å²) in [6.45, 7) is 8.87. The van der Waals surface area contributed by atoms with Crippen molar-refractivity contribution in [2.75, 3.05) is 7.11 Å². The smallest absolute Gasteiger partial charge is 0.287 e. The number of aromatic amines is 1. The van der Waals surface area contributed by atoms with Crippen molar-refractivity contribution in [2.45, 2.75) is 40.7 Å². The van der Waals surface area contributed by atoms with Crippen LogP contribution in [0.1, 0.15) is 41.3 Å². The maximum absolute atomic E-state index is 12.4. The van der Waals surface area contributed by atoms with Crippen molar-refractivity contribution in [3.8, 4) is 17.0 Å². The summed E-state index contributed by atoms with van der Waals surface area (Å²) in [6, 6.07) is 8.95. The zero-order chi connectivity index (χ0) is 22.5. The molecule has 0 radical (unpaired) electrons. The highest BCUT2D eigenvalue weighted by atomic mass is 16.5. The van der Waals surface area contributed by atoms with Crippen molar-refractivity contribution in [2.24, 2.45) is 5.92 Å². The normalized spacial score (nSPS) is 10.9. The lowest BCUT2D eigenvalue weighted by Crippen LogP contribution is -2.42. The minimum absolute atomic E-state index is 0.135. The van der Waals surface area contributed by atoms with E-state index in [0.717, 1.165) is 34.8 Å². The Hall–Kier alpha value is -3.62. The molecule has 0 unspecified atom stereocenters. The molecule has 3 N–H and O–H groups in total. The molecule has 0 fully saturated rings. The lowest BCUT2D eigenvalue weighted by atomic mass is 10.1. The van der Waals surface area contributed by atoms with Gasteiger partial charge in [0.25, 0.3) is 5.91 Å². The molecule has 1 aromatic carbocycles. The molecule has 9 nitrogen and oxygen atoms in total. The number of benzene rings is 1. The van der Waals surface area contributed by atoms with Gasteiger partial charge in [0.2, 0.25) is 5.91 Å². The van der Waals surface area contributed by atoms with E-state index in [9.17, 15) is 9.59 Å². The van der Waals surface area contributed by atoms with Gasteiger partial charge in [0.15, 0.2) is 0 Å². The molecule has 0 aliphatic heterocycles. The van der Waals surface area contributed by atoms with Crippen molar-refractivity contribution < 1.29 is 14.3 Å². The van der Waals surface area contributed by atoms with E-state index in [4.69, 9.17) is 4.74 Å². The van der Waals surface area contributed by atoms with Gasteiger partial charge in [0, 0.05) is 23.4 Å². The molecule has 31 heavy (non-hydrogen) atoms. The van der Waals surface area contributed by atoms with Crippen LogP contribution in [0.2, 0.25) is 0 Å². The van der Waals surface area contributed by atoms with Crippen LogP contribution < -0.4 is 15.6 Å². The molecule has 3 rings (SSSR count). The molecule has 0 saturated heterocycles. The third-order valence-electron chi connectivity index (χ3n) is 4.93. The average Bonchev–Trinajstić information content (AvgIpc) is 3.33. The number of nitrogens with one attached hydrogen (secondary N) is 3. The van der Waals surface area contributed by atoms with Gasteiger partial charge in [0.1, 0.15) is 11.4 Å². The summed E-state index contributed by atoms with van der Waals surface area (Å²) in [5.74, 6) is 0.388.